The SMILES string of the molecule is CC(C)C(=O)c1c(O)c(CN)cc2c1CCCC2. The molecule has 3 nitrogen and oxygen atoms in total. The predicted molar refractivity (Wildman–Crippen MR) is 71.8 cm³/mol. The van der Waals surface area contributed by atoms with Gasteiger partial charge in [0.25, 0.3) is 0 Å². The summed E-state index contributed by atoms with van der Waals surface area (Å²) in [6, 6.07) is 1.97. The zero-order chi connectivity index (χ0) is 13.3. The van der Waals surface area contributed by atoms with Crippen LogP contribution in [0.1, 0.15) is 53.7 Å². The number of aromatic hydroxyl groups is 1. The first-order valence-corrected chi connectivity index (χ1v) is 6.67. The highest BCUT2D eigenvalue weighted by molar-refractivity contribution is 6.02. The van der Waals surface area contributed by atoms with Gasteiger partial charge in [-0.15, -0.1) is 0 Å². The van der Waals surface area contributed by atoms with Crippen LogP contribution in [0.4, 0.5) is 0 Å². The lowest BCUT2D eigenvalue weighted by Gasteiger charge is -2.22. The van der Waals surface area contributed by atoms with E-state index in [4.69, 9.17) is 5.73 Å². The molecule has 3 N–H and O–H groups in total. The fourth-order valence-corrected chi connectivity index (χ4v) is 2.67. The van der Waals surface area contributed by atoms with Gasteiger partial charge in [-0.05, 0) is 36.8 Å². The zero-order valence-electron chi connectivity index (χ0n) is 11.1. The molecular formula is C15H21NO2. The van der Waals surface area contributed by atoms with Crippen molar-refractivity contribution in [2.75, 3.05) is 0 Å². The molecule has 0 atom stereocenters. The molecular weight excluding hydrogens is 226 g/mol. The van der Waals surface area contributed by atoms with Crippen molar-refractivity contribution in [1.82, 2.24) is 0 Å². The maximum Gasteiger partial charge on any atom is 0.169 e. The molecule has 0 spiro atoms. The van der Waals surface area contributed by atoms with Crippen molar-refractivity contribution < 1.29 is 9.90 Å². The van der Waals surface area contributed by atoms with Crippen LogP contribution in [0.5, 0.6) is 5.75 Å². The fourth-order valence-electron chi connectivity index (χ4n) is 2.67. The standard InChI is InChI=1S/C15H21NO2/c1-9(2)14(17)13-12-6-4-3-5-10(12)7-11(8-16)15(13)18/h7,9,18H,3-6,8,16H2,1-2H3. The summed E-state index contributed by atoms with van der Waals surface area (Å²) < 4.78 is 0. The van der Waals surface area contributed by atoms with E-state index in [-0.39, 0.29) is 24.0 Å². The maximum atomic E-state index is 12.3. The van der Waals surface area contributed by atoms with Crippen molar-refractivity contribution in [3.05, 3.63) is 28.3 Å². The van der Waals surface area contributed by atoms with Crippen molar-refractivity contribution in [2.24, 2.45) is 11.7 Å². The molecule has 0 bridgehead atoms. The Kier molecular flexibility index (Phi) is 3.71. The minimum atomic E-state index is -0.102. The van der Waals surface area contributed by atoms with Gasteiger partial charge in [-0.1, -0.05) is 19.9 Å². The van der Waals surface area contributed by atoms with E-state index in [1.54, 1.807) is 0 Å². The molecule has 0 heterocycles. The van der Waals surface area contributed by atoms with Crippen molar-refractivity contribution in [3.8, 4) is 5.75 Å². The van der Waals surface area contributed by atoms with Gasteiger partial charge in [0.1, 0.15) is 5.75 Å². The van der Waals surface area contributed by atoms with E-state index in [2.05, 4.69) is 0 Å². The second-order valence-corrected chi connectivity index (χ2v) is 5.33. The Hall–Kier alpha value is -1.35. The topological polar surface area (TPSA) is 63.3 Å². The lowest BCUT2D eigenvalue weighted by Crippen LogP contribution is -2.17. The van der Waals surface area contributed by atoms with Crippen LogP contribution < -0.4 is 5.73 Å². The number of carbonyl (C=O) groups is 1. The molecule has 0 fully saturated rings. The van der Waals surface area contributed by atoms with E-state index in [0.29, 0.717) is 11.1 Å². The zero-order valence-corrected chi connectivity index (χ0v) is 11.1. The van der Waals surface area contributed by atoms with Gasteiger partial charge in [0.15, 0.2) is 5.78 Å². The summed E-state index contributed by atoms with van der Waals surface area (Å²) >= 11 is 0. The Morgan fingerprint density at radius 2 is 2.06 bits per heavy atom. The van der Waals surface area contributed by atoms with Gasteiger partial charge in [-0.3, -0.25) is 4.79 Å². The normalized spacial score (nSPS) is 14.7. The van der Waals surface area contributed by atoms with E-state index in [1.165, 1.54) is 5.56 Å². The minimum Gasteiger partial charge on any atom is -0.507 e. The van der Waals surface area contributed by atoms with Crippen molar-refractivity contribution in [2.45, 2.75) is 46.1 Å². The number of hydrogen-bond donors (Lipinski definition) is 2. The lowest BCUT2D eigenvalue weighted by molar-refractivity contribution is 0.0935. The van der Waals surface area contributed by atoms with Crippen molar-refractivity contribution in [3.63, 3.8) is 0 Å². The fraction of sp³-hybridized carbons (Fsp3) is 0.533. The number of fused-ring (bicyclic) bond motifs is 1. The molecule has 0 aliphatic heterocycles. The van der Waals surface area contributed by atoms with Gasteiger partial charge in [-0.2, -0.15) is 0 Å². The highest BCUT2D eigenvalue weighted by atomic mass is 16.3. The highest BCUT2D eigenvalue weighted by Gasteiger charge is 2.25. The summed E-state index contributed by atoms with van der Waals surface area (Å²) in [4.78, 5) is 12.3. The van der Waals surface area contributed by atoms with E-state index >= 15 is 0 Å². The number of ketones is 1. The summed E-state index contributed by atoms with van der Waals surface area (Å²) in [6.07, 6.45) is 4.12. The summed E-state index contributed by atoms with van der Waals surface area (Å²) in [5.74, 6) is 0.0350. The van der Waals surface area contributed by atoms with Gasteiger partial charge in [0.05, 0.1) is 5.56 Å². The molecule has 1 aromatic rings. The van der Waals surface area contributed by atoms with Crippen LogP contribution in [0.15, 0.2) is 6.07 Å². The number of phenolic OH excluding ortho intramolecular Hbond substituents is 1. The smallest absolute Gasteiger partial charge is 0.169 e. The van der Waals surface area contributed by atoms with Gasteiger partial charge in [0, 0.05) is 18.0 Å². The summed E-state index contributed by atoms with van der Waals surface area (Å²) in [5, 5.41) is 10.3. The monoisotopic (exact) mass is 247 g/mol. The third-order valence-electron chi connectivity index (χ3n) is 3.69. The first-order valence-electron chi connectivity index (χ1n) is 6.67. The predicted octanol–water partition coefficient (Wildman–Crippen LogP) is 2.57. The largest absolute Gasteiger partial charge is 0.507 e. The minimum absolute atomic E-state index is 0.0287. The van der Waals surface area contributed by atoms with Gasteiger partial charge in [-0.25, -0.2) is 0 Å². The average molecular weight is 247 g/mol. The van der Waals surface area contributed by atoms with Crippen LogP contribution in [-0.4, -0.2) is 10.9 Å². The second kappa shape index (κ2) is 5.11. The van der Waals surface area contributed by atoms with E-state index in [1.807, 2.05) is 19.9 Å². The van der Waals surface area contributed by atoms with Crippen LogP contribution in [0.25, 0.3) is 0 Å². The van der Waals surface area contributed by atoms with E-state index < -0.39 is 0 Å². The van der Waals surface area contributed by atoms with Crippen LogP contribution in [0.2, 0.25) is 0 Å². The Morgan fingerprint density at radius 3 is 2.67 bits per heavy atom. The van der Waals surface area contributed by atoms with E-state index in [0.717, 1.165) is 31.2 Å². The molecule has 0 saturated heterocycles. The average Bonchev–Trinajstić information content (AvgIpc) is 2.37. The van der Waals surface area contributed by atoms with Crippen molar-refractivity contribution in [1.29, 1.82) is 0 Å². The Labute approximate surface area is 108 Å². The van der Waals surface area contributed by atoms with Crippen LogP contribution >= 0.6 is 0 Å². The van der Waals surface area contributed by atoms with E-state index in [9.17, 15) is 9.90 Å². The number of benzene rings is 1. The number of aryl methyl sites for hydroxylation is 1. The molecule has 3 heteroatoms. The van der Waals surface area contributed by atoms with Gasteiger partial charge < -0.3 is 10.8 Å². The second-order valence-electron chi connectivity index (χ2n) is 5.33. The van der Waals surface area contributed by atoms with Crippen LogP contribution in [-0.2, 0) is 19.4 Å². The summed E-state index contributed by atoms with van der Waals surface area (Å²) in [7, 11) is 0. The summed E-state index contributed by atoms with van der Waals surface area (Å²) in [6.45, 7) is 4.01. The molecule has 0 saturated carbocycles. The first-order chi connectivity index (χ1) is 8.56. The molecule has 0 amide bonds. The highest BCUT2D eigenvalue weighted by Crippen LogP contribution is 2.35. The molecule has 0 unspecified atom stereocenters. The molecule has 18 heavy (non-hydrogen) atoms. The van der Waals surface area contributed by atoms with Gasteiger partial charge >= 0.3 is 0 Å². The molecule has 98 valence electrons. The molecule has 0 aromatic heterocycles. The van der Waals surface area contributed by atoms with Crippen molar-refractivity contribution >= 4 is 5.78 Å². The maximum absolute atomic E-state index is 12.3. The first kappa shape index (κ1) is 13.1. The van der Waals surface area contributed by atoms with Crippen LogP contribution in [0, 0.1) is 5.92 Å². The molecule has 1 aliphatic rings. The lowest BCUT2D eigenvalue weighted by atomic mass is 9.83. The summed E-state index contributed by atoms with van der Waals surface area (Å²) in [5.41, 5.74) is 9.13. The third-order valence-corrected chi connectivity index (χ3v) is 3.69. The molecule has 0 radical (unpaired) electrons. The molecule has 1 aliphatic carbocycles. The number of phenols is 1. The third kappa shape index (κ3) is 2.15. The number of rotatable bonds is 3. The molecule has 2 rings (SSSR count). The Morgan fingerprint density at radius 1 is 1.39 bits per heavy atom. The van der Waals surface area contributed by atoms with Gasteiger partial charge in [0.2, 0.25) is 0 Å². The number of carbonyl (C=O) groups excluding carboxylic acids is 1. The van der Waals surface area contributed by atoms with Crippen LogP contribution in [0.3, 0.4) is 0 Å². The Balaban J connectivity index is 2.64. The number of nitrogens with two attached hydrogens (primary N) is 1. The molecule has 1 aromatic carbocycles. The number of Topliss-reactive ketones (excluding diaryl/α,β-unsaturated/α-hetero) is 1. The quantitative estimate of drug-likeness (QED) is 0.807. The Bertz CT molecular complexity index is 478. The number of hydrogen-bond acceptors (Lipinski definition) is 3.